The van der Waals surface area contributed by atoms with Gasteiger partial charge in [-0.25, -0.2) is 9.97 Å². The van der Waals surface area contributed by atoms with Gasteiger partial charge in [-0.2, -0.15) is 0 Å². The average molecular weight is 428 g/mol. The third kappa shape index (κ3) is 5.96. The lowest BCUT2D eigenvalue weighted by Crippen LogP contribution is -2.02. The van der Waals surface area contributed by atoms with Crippen LogP contribution in [0.5, 0.6) is 0 Å². The molecule has 0 fully saturated rings. The number of fused-ring (bicyclic) bond motifs is 8. The first-order chi connectivity index (χ1) is 13.8. The van der Waals surface area contributed by atoms with Crippen molar-refractivity contribution in [1.29, 1.82) is 0 Å². The maximum atomic E-state index is 9.75. The highest BCUT2D eigenvalue weighted by Gasteiger charge is 2.20. The van der Waals surface area contributed by atoms with Crippen LogP contribution in [0, 0.1) is 0 Å². The van der Waals surface area contributed by atoms with Gasteiger partial charge in [0.05, 0.1) is 22.8 Å². The summed E-state index contributed by atoms with van der Waals surface area (Å²) < 4.78 is 39.0. The third-order valence-electron chi connectivity index (χ3n) is 4.04. The zero-order chi connectivity index (χ0) is 20.4. The Hall–Kier alpha value is -3.08. The summed E-state index contributed by atoms with van der Waals surface area (Å²) in [5.74, 6) is 0. The SMILES string of the molecule is C1=Cc2cc3ccc(cc4nc(cc5ccc(cc1n2)[nH]5)C=C4)[nH]3.F[B-](F)(F)F.[AlH3].[H+]. The molecule has 2 N–H and O–H groups in total. The average Bonchev–Trinajstić information content (AvgIpc) is 3.38. The van der Waals surface area contributed by atoms with Gasteiger partial charge in [0.1, 0.15) is 0 Å². The van der Waals surface area contributed by atoms with E-state index in [1.807, 2.05) is 48.6 Å². The molecular formula is C20H18AlBF4N4. The number of hydrogen-bond acceptors (Lipinski definition) is 2. The number of halogens is 4. The highest BCUT2D eigenvalue weighted by atomic mass is 27.0. The predicted molar refractivity (Wildman–Crippen MR) is 120 cm³/mol. The number of H-pyrrole nitrogens is 2. The number of rotatable bonds is 0. The van der Waals surface area contributed by atoms with Crippen LogP contribution in [-0.2, 0) is 0 Å². The molecule has 8 bridgehead atoms. The highest BCUT2D eigenvalue weighted by Crippen LogP contribution is 2.17. The van der Waals surface area contributed by atoms with Crippen LogP contribution in [-0.4, -0.2) is 44.6 Å². The van der Waals surface area contributed by atoms with Crippen molar-refractivity contribution in [2.75, 3.05) is 0 Å². The molecule has 5 rings (SSSR count). The third-order valence-corrected chi connectivity index (χ3v) is 4.04. The molecule has 0 amide bonds. The molecule has 3 aromatic heterocycles. The molecule has 2 aliphatic rings. The predicted octanol–water partition coefficient (Wildman–Crippen LogP) is 4.88. The van der Waals surface area contributed by atoms with Crippen molar-refractivity contribution >= 4 is 71.0 Å². The van der Waals surface area contributed by atoms with Gasteiger partial charge in [0.15, 0.2) is 17.4 Å². The normalized spacial score (nSPS) is 12.1. The highest BCUT2D eigenvalue weighted by molar-refractivity contribution is 6.50. The van der Waals surface area contributed by atoms with Gasteiger partial charge in [-0.05, 0) is 72.8 Å². The van der Waals surface area contributed by atoms with Gasteiger partial charge < -0.3 is 27.2 Å². The molecule has 2 aliphatic heterocycles. The van der Waals surface area contributed by atoms with Crippen LogP contribution in [0.15, 0.2) is 48.5 Å². The monoisotopic (exact) mass is 428 g/mol. The Morgan fingerprint density at radius 1 is 0.567 bits per heavy atom. The summed E-state index contributed by atoms with van der Waals surface area (Å²) in [5, 5.41) is 0. The molecule has 152 valence electrons. The zero-order valence-electron chi connectivity index (χ0n) is 15.9. The van der Waals surface area contributed by atoms with E-state index in [0.29, 0.717) is 0 Å². The minimum absolute atomic E-state index is 0. The van der Waals surface area contributed by atoms with Gasteiger partial charge in [0.2, 0.25) is 0 Å². The van der Waals surface area contributed by atoms with Crippen LogP contribution < -0.4 is 0 Å². The van der Waals surface area contributed by atoms with E-state index in [2.05, 4.69) is 44.2 Å². The number of nitrogens with zero attached hydrogens (tertiary/aromatic N) is 2. The van der Waals surface area contributed by atoms with Crippen LogP contribution in [0.25, 0.3) is 46.4 Å². The summed E-state index contributed by atoms with van der Waals surface area (Å²) in [4.78, 5) is 16.0. The smallest absolute Gasteiger partial charge is 0.418 e. The zero-order valence-corrected chi connectivity index (χ0v) is 14.9. The van der Waals surface area contributed by atoms with Crippen LogP contribution in [0.2, 0.25) is 0 Å². The fraction of sp³-hybridized carbons (Fsp3) is 0. The first-order valence-electron chi connectivity index (χ1n) is 8.72. The molecule has 0 aliphatic carbocycles. The fourth-order valence-corrected chi connectivity index (χ4v) is 2.94. The van der Waals surface area contributed by atoms with E-state index in [-0.39, 0.29) is 18.8 Å². The summed E-state index contributed by atoms with van der Waals surface area (Å²) in [7, 11) is -6.00. The second-order valence-corrected chi connectivity index (χ2v) is 6.40. The molecule has 0 unspecified atom stereocenters. The minimum Gasteiger partial charge on any atom is -0.418 e. The van der Waals surface area contributed by atoms with Gasteiger partial charge in [0, 0.05) is 22.1 Å². The fourth-order valence-electron chi connectivity index (χ4n) is 2.94. The maximum absolute atomic E-state index is 9.75. The van der Waals surface area contributed by atoms with Crippen molar-refractivity contribution in [2.24, 2.45) is 0 Å². The molecule has 5 heterocycles. The largest absolute Gasteiger partial charge is 1.00 e. The Kier molecular flexibility index (Phi) is 6.30. The van der Waals surface area contributed by atoms with E-state index in [0.717, 1.165) is 44.8 Å². The van der Waals surface area contributed by atoms with E-state index in [1.165, 1.54) is 0 Å². The Morgan fingerprint density at radius 2 is 0.800 bits per heavy atom. The summed E-state index contributed by atoms with van der Waals surface area (Å²) in [6, 6.07) is 16.4. The van der Waals surface area contributed by atoms with Crippen LogP contribution in [0.4, 0.5) is 17.3 Å². The number of aromatic nitrogens is 4. The lowest BCUT2D eigenvalue weighted by molar-refractivity contribution is 0.368. The molecule has 0 radical (unpaired) electrons. The molecule has 0 saturated carbocycles. The van der Waals surface area contributed by atoms with E-state index in [4.69, 9.17) is 0 Å². The first-order valence-corrected chi connectivity index (χ1v) is 8.72. The van der Waals surface area contributed by atoms with Crippen molar-refractivity contribution in [3.8, 4) is 0 Å². The summed E-state index contributed by atoms with van der Waals surface area (Å²) in [6.45, 7) is 0. The van der Waals surface area contributed by atoms with Crippen molar-refractivity contribution in [3.05, 3.63) is 71.3 Å². The van der Waals surface area contributed by atoms with Crippen LogP contribution in [0.1, 0.15) is 24.2 Å². The van der Waals surface area contributed by atoms with Crippen molar-refractivity contribution in [3.63, 3.8) is 0 Å². The quantitative estimate of drug-likeness (QED) is 0.273. The van der Waals surface area contributed by atoms with Crippen LogP contribution >= 0.6 is 0 Å². The van der Waals surface area contributed by atoms with Crippen molar-refractivity contribution in [2.45, 2.75) is 0 Å². The van der Waals surface area contributed by atoms with Gasteiger partial charge in [-0.15, -0.1) is 0 Å². The Balaban J connectivity index is 0.000000443. The topological polar surface area (TPSA) is 57.4 Å². The Morgan fingerprint density at radius 3 is 1.03 bits per heavy atom. The lowest BCUT2D eigenvalue weighted by Gasteiger charge is -1.94. The van der Waals surface area contributed by atoms with Crippen molar-refractivity contribution < 1.29 is 18.7 Å². The number of aromatic amines is 2. The standard InChI is InChI=1S/C20H14N4.Al.BF4.3H/c1-2-14-10-16-5-6-18(23-16)12-20-8-7-19(24-20)11-17-4-3-15(22-17)9-13(1)21-14;;2-1(3,4)5;;;/h1-12,21,24H;;;;;/q;;-1;;;/p+1. The molecule has 0 spiro atoms. The van der Waals surface area contributed by atoms with E-state index >= 15 is 0 Å². The lowest BCUT2D eigenvalue weighted by atomic mass is 10.3. The minimum atomic E-state index is -6.00. The van der Waals surface area contributed by atoms with Crippen molar-refractivity contribution in [1.82, 2.24) is 19.9 Å². The molecule has 0 aromatic carbocycles. The molecule has 30 heavy (non-hydrogen) atoms. The number of nitrogens with one attached hydrogen (secondary N) is 2. The second kappa shape index (κ2) is 8.74. The van der Waals surface area contributed by atoms with E-state index in [9.17, 15) is 17.3 Å². The van der Waals surface area contributed by atoms with E-state index < -0.39 is 7.25 Å². The Labute approximate surface area is 181 Å². The summed E-state index contributed by atoms with van der Waals surface area (Å²) in [6.07, 6.45) is 8.09. The second-order valence-electron chi connectivity index (χ2n) is 6.40. The molecule has 4 nitrogen and oxygen atoms in total. The first kappa shape index (κ1) is 21.6. The summed E-state index contributed by atoms with van der Waals surface area (Å²) in [5.41, 5.74) is 7.86. The molecular weight excluding hydrogens is 410 g/mol. The maximum Gasteiger partial charge on any atom is 1.00 e. The van der Waals surface area contributed by atoms with Crippen LogP contribution in [0.3, 0.4) is 0 Å². The number of hydrogen-bond donors (Lipinski definition) is 2. The van der Waals surface area contributed by atoms with Gasteiger partial charge in [-0.3, -0.25) is 0 Å². The molecule has 0 atom stereocenters. The van der Waals surface area contributed by atoms with Gasteiger partial charge in [-0.1, -0.05) is 0 Å². The van der Waals surface area contributed by atoms with Gasteiger partial charge >= 0.3 is 8.68 Å². The molecule has 10 heteroatoms. The summed E-state index contributed by atoms with van der Waals surface area (Å²) >= 11 is 0. The van der Waals surface area contributed by atoms with E-state index in [1.54, 1.807) is 0 Å². The van der Waals surface area contributed by atoms with Gasteiger partial charge in [0.25, 0.3) is 0 Å². The Bertz CT molecular complexity index is 1100. The molecule has 0 saturated heterocycles. The molecule has 3 aromatic rings.